The van der Waals surface area contributed by atoms with Crippen LogP contribution >= 0.6 is 0 Å². The number of hydrogen-bond donors (Lipinski definition) is 1. The molecule has 1 aromatic rings. The van der Waals surface area contributed by atoms with Gasteiger partial charge < -0.3 is 5.32 Å². The molecule has 0 saturated heterocycles. The summed E-state index contributed by atoms with van der Waals surface area (Å²) in [5.41, 5.74) is 0.587. The maximum Gasteiger partial charge on any atom is 0.130 e. The quantitative estimate of drug-likeness (QED) is 0.810. The lowest BCUT2D eigenvalue weighted by molar-refractivity contribution is 0.235. The average Bonchev–Trinajstić information content (AvgIpc) is 2.12. The third-order valence-corrected chi connectivity index (χ3v) is 3.23. The van der Waals surface area contributed by atoms with Crippen molar-refractivity contribution in [2.75, 3.05) is 7.05 Å². The summed E-state index contributed by atoms with van der Waals surface area (Å²) in [6, 6.07) is 3.85. The van der Waals surface area contributed by atoms with Crippen LogP contribution in [0.15, 0.2) is 18.2 Å². The van der Waals surface area contributed by atoms with E-state index in [-0.39, 0.29) is 6.04 Å². The van der Waals surface area contributed by atoms with E-state index in [0.29, 0.717) is 11.5 Å². The summed E-state index contributed by atoms with van der Waals surface area (Å²) in [4.78, 5) is 0. The maximum absolute atomic E-state index is 13.5. The zero-order valence-corrected chi connectivity index (χ0v) is 8.76. The fraction of sp³-hybridized carbons (Fsp3) is 0.500. The van der Waals surface area contributed by atoms with Crippen LogP contribution in [0.1, 0.15) is 30.9 Å². The lowest BCUT2D eigenvalue weighted by atomic mass is 9.77. The number of nitrogens with one attached hydrogen (secondary N) is 1. The minimum absolute atomic E-state index is 0.0272. The van der Waals surface area contributed by atoms with Crippen LogP contribution in [0, 0.1) is 17.6 Å². The van der Waals surface area contributed by atoms with Gasteiger partial charge in [-0.1, -0.05) is 12.5 Å². The molecule has 1 aliphatic carbocycles. The third kappa shape index (κ3) is 2.02. The topological polar surface area (TPSA) is 12.0 Å². The molecule has 1 nitrogen and oxygen atoms in total. The molecule has 1 unspecified atom stereocenters. The molecule has 1 atom stereocenters. The summed E-state index contributed by atoms with van der Waals surface area (Å²) in [5, 5.41) is 3.12. The molecule has 82 valence electrons. The molecule has 1 N–H and O–H groups in total. The van der Waals surface area contributed by atoms with Gasteiger partial charge in [0.25, 0.3) is 0 Å². The Balaban J connectivity index is 2.25. The summed E-state index contributed by atoms with van der Waals surface area (Å²) >= 11 is 0. The Labute approximate surface area is 88.5 Å². The molecular weight excluding hydrogens is 196 g/mol. The van der Waals surface area contributed by atoms with E-state index in [1.54, 1.807) is 6.07 Å². The Morgan fingerprint density at radius 1 is 1.33 bits per heavy atom. The van der Waals surface area contributed by atoms with Gasteiger partial charge in [0, 0.05) is 17.7 Å². The number of benzene rings is 1. The highest BCUT2D eigenvalue weighted by atomic mass is 19.1. The van der Waals surface area contributed by atoms with E-state index < -0.39 is 11.6 Å². The minimum atomic E-state index is -0.514. The fourth-order valence-corrected chi connectivity index (χ4v) is 2.17. The second-order valence-corrected chi connectivity index (χ2v) is 4.12. The molecule has 0 spiro atoms. The molecule has 1 fully saturated rings. The van der Waals surface area contributed by atoms with Crippen molar-refractivity contribution in [1.29, 1.82) is 0 Å². The predicted octanol–water partition coefficient (Wildman–Crippen LogP) is 3.03. The molecule has 0 heterocycles. The van der Waals surface area contributed by atoms with Gasteiger partial charge in [-0.05, 0) is 31.9 Å². The first-order valence-corrected chi connectivity index (χ1v) is 5.34. The summed E-state index contributed by atoms with van der Waals surface area (Å²) in [7, 11) is 1.83. The normalized spacial score (nSPS) is 18.6. The van der Waals surface area contributed by atoms with E-state index in [1.807, 2.05) is 7.05 Å². The van der Waals surface area contributed by atoms with Crippen LogP contribution in [0.2, 0.25) is 0 Å². The number of halogens is 2. The smallest absolute Gasteiger partial charge is 0.130 e. The molecule has 2 rings (SSSR count). The van der Waals surface area contributed by atoms with Gasteiger partial charge in [-0.15, -0.1) is 0 Å². The van der Waals surface area contributed by atoms with Crippen LogP contribution in [0.5, 0.6) is 0 Å². The third-order valence-electron chi connectivity index (χ3n) is 3.23. The highest BCUT2D eigenvalue weighted by Crippen LogP contribution is 2.38. The van der Waals surface area contributed by atoms with Gasteiger partial charge in [0.05, 0.1) is 0 Å². The van der Waals surface area contributed by atoms with Crippen molar-refractivity contribution in [3.63, 3.8) is 0 Å². The van der Waals surface area contributed by atoms with E-state index in [4.69, 9.17) is 0 Å². The van der Waals surface area contributed by atoms with E-state index >= 15 is 0 Å². The van der Waals surface area contributed by atoms with Crippen LogP contribution in [0.4, 0.5) is 8.78 Å². The van der Waals surface area contributed by atoms with Crippen LogP contribution in [0.25, 0.3) is 0 Å². The standard InChI is InChI=1S/C12H15F2N/c1-15-12(8-3-2-4-8)10-6-5-9(13)7-11(10)14/h5-8,12,15H,2-4H2,1H3. The monoisotopic (exact) mass is 211 g/mol. The first-order valence-electron chi connectivity index (χ1n) is 5.34. The van der Waals surface area contributed by atoms with Crippen LogP contribution < -0.4 is 5.32 Å². The number of hydrogen-bond acceptors (Lipinski definition) is 1. The highest BCUT2D eigenvalue weighted by Gasteiger charge is 2.28. The SMILES string of the molecule is CNC(c1ccc(F)cc1F)C1CCC1. The van der Waals surface area contributed by atoms with Crippen LogP contribution in [-0.4, -0.2) is 7.05 Å². The Kier molecular flexibility index (Phi) is 3.00. The van der Waals surface area contributed by atoms with Gasteiger partial charge in [0.2, 0.25) is 0 Å². The Bertz CT molecular complexity index is 347. The first kappa shape index (κ1) is 10.6. The lowest BCUT2D eigenvalue weighted by Gasteiger charge is -2.34. The van der Waals surface area contributed by atoms with E-state index in [9.17, 15) is 8.78 Å². The van der Waals surface area contributed by atoms with Crippen molar-refractivity contribution >= 4 is 0 Å². The Morgan fingerprint density at radius 3 is 2.53 bits per heavy atom. The molecule has 0 bridgehead atoms. The van der Waals surface area contributed by atoms with E-state index in [2.05, 4.69) is 5.32 Å². The second-order valence-electron chi connectivity index (χ2n) is 4.12. The van der Waals surface area contributed by atoms with Crippen molar-refractivity contribution in [3.8, 4) is 0 Å². The highest BCUT2D eigenvalue weighted by molar-refractivity contribution is 5.23. The molecule has 1 aromatic carbocycles. The van der Waals surface area contributed by atoms with Gasteiger partial charge in [-0.25, -0.2) is 8.78 Å². The van der Waals surface area contributed by atoms with Crippen LogP contribution in [0.3, 0.4) is 0 Å². The zero-order chi connectivity index (χ0) is 10.8. The lowest BCUT2D eigenvalue weighted by Crippen LogP contribution is -2.30. The van der Waals surface area contributed by atoms with Crippen molar-refractivity contribution in [2.24, 2.45) is 5.92 Å². The average molecular weight is 211 g/mol. The zero-order valence-electron chi connectivity index (χ0n) is 8.76. The van der Waals surface area contributed by atoms with Crippen LogP contribution in [-0.2, 0) is 0 Å². The van der Waals surface area contributed by atoms with Gasteiger partial charge in [-0.2, -0.15) is 0 Å². The molecule has 1 aliphatic rings. The first-order chi connectivity index (χ1) is 7.22. The van der Waals surface area contributed by atoms with Crippen molar-refractivity contribution < 1.29 is 8.78 Å². The van der Waals surface area contributed by atoms with Crippen molar-refractivity contribution in [1.82, 2.24) is 5.32 Å². The summed E-state index contributed by atoms with van der Waals surface area (Å²) in [6.45, 7) is 0. The minimum Gasteiger partial charge on any atom is -0.313 e. The van der Waals surface area contributed by atoms with E-state index in [1.165, 1.54) is 12.5 Å². The Hall–Kier alpha value is -0.960. The fourth-order valence-electron chi connectivity index (χ4n) is 2.17. The Morgan fingerprint density at radius 2 is 2.07 bits per heavy atom. The summed E-state index contributed by atoms with van der Waals surface area (Å²) in [6.07, 6.45) is 3.47. The van der Waals surface area contributed by atoms with Gasteiger partial charge in [0.15, 0.2) is 0 Å². The predicted molar refractivity (Wildman–Crippen MR) is 55.5 cm³/mol. The molecule has 3 heteroatoms. The molecule has 0 aromatic heterocycles. The molecule has 0 aliphatic heterocycles. The van der Waals surface area contributed by atoms with Gasteiger partial charge in [-0.3, -0.25) is 0 Å². The van der Waals surface area contributed by atoms with E-state index in [0.717, 1.165) is 18.9 Å². The molecule has 0 radical (unpaired) electrons. The van der Waals surface area contributed by atoms with Crippen molar-refractivity contribution in [3.05, 3.63) is 35.4 Å². The second kappa shape index (κ2) is 4.27. The van der Waals surface area contributed by atoms with Gasteiger partial charge >= 0.3 is 0 Å². The summed E-state index contributed by atoms with van der Waals surface area (Å²) in [5.74, 6) is -0.462. The maximum atomic E-state index is 13.5. The molecule has 0 amide bonds. The van der Waals surface area contributed by atoms with Crippen molar-refractivity contribution in [2.45, 2.75) is 25.3 Å². The molecule has 15 heavy (non-hydrogen) atoms. The number of rotatable bonds is 3. The molecule has 1 saturated carbocycles. The largest absolute Gasteiger partial charge is 0.313 e. The molecular formula is C12H15F2N. The van der Waals surface area contributed by atoms with Gasteiger partial charge in [0.1, 0.15) is 11.6 Å². The summed E-state index contributed by atoms with van der Waals surface area (Å²) < 4.78 is 26.3.